The largest absolute Gasteiger partial charge is 0.507 e. The van der Waals surface area contributed by atoms with Gasteiger partial charge in [0.05, 0.1) is 4.47 Å². The summed E-state index contributed by atoms with van der Waals surface area (Å²) in [5, 5.41) is 9.59. The number of halogens is 3. The van der Waals surface area contributed by atoms with Gasteiger partial charge >= 0.3 is 0 Å². The molecule has 1 nitrogen and oxygen atoms in total. The summed E-state index contributed by atoms with van der Waals surface area (Å²) in [6.07, 6.45) is 0. The fourth-order valence-corrected chi connectivity index (χ4v) is 1.91. The number of benzene rings is 2. The molecule has 1 N–H and O–H groups in total. The summed E-state index contributed by atoms with van der Waals surface area (Å²) >= 11 is 3.07. The van der Waals surface area contributed by atoms with Crippen LogP contribution in [0.4, 0.5) is 8.78 Å². The lowest BCUT2D eigenvalue weighted by atomic mass is 10.0. The lowest BCUT2D eigenvalue weighted by molar-refractivity contribution is 0.475. The molecule has 0 bridgehead atoms. The van der Waals surface area contributed by atoms with Crippen LogP contribution in [0.15, 0.2) is 40.9 Å². The molecule has 0 spiro atoms. The zero-order chi connectivity index (χ0) is 11.7. The molecular formula is C12H7BrF2O. The van der Waals surface area contributed by atoms with Gasteiger partial charge in [0.15, 0.2) is 0 Å². The third-order valence-corrected chi connectivity index (χ3v) is 3.01. The van der Waals surface area contributed by atoms with Crippen molar-refractivity contribution in [2.24, 2.45) is 0 Å². The fourth-order valence-electron chi connectivity index (χ4n) is 1.44. The molecule has 0 saturated heterocycles. The number of rotatable bonds is 1. The molecule has 0 radical (unpaired) electrons. The molecule has 0 fully saturated rings. The number of hydrogen-bond acceptors (Lipinski definition) is 1. The van der Waals surface area contributed by atoms with Crippen molar-refractivity contribution in [1.82, 2.24) is 0 Å². The van der Waals surface area contributed by atoms with Gasteiger partial charge in [0.25, 0.3) is 0 Å². The van der Waals surface area contributed by atoms with E-state index in [2.05, 4.69) is 15.9 Å². The highest BCUT2D eigenvalue weighted by atomic mass is 79.9. The quantitative estimate of drug-likeness (QED) is 0.836. The van der Waals surface area contributed by atoms with E-state index in [1.54, 1.807) is 6.07 Å². The van der Waals surface area contributed by atoms with Crippen molar-refractivity contribution in [2.75, 3.05) is 0 Å². The summed E-state index contributed by atoms with van der Waals surface area (Å²) in [5.74, 6) is -1.03. The minimum absolute atomic E-state index is 0.0901. The monoisotopic (exact) mass is 284 g/mol. The third kappa shape index (κ3) is 1.93. The van der Waals surface area contributed by atoms with Crippen LogP contribution >= 0.6 is 15.9 Å². The smallest absolute Gasteiger partial charge is 0.138 e. The highest BCUT2D eigenvalue weighted by Crippen LogP contribution is 2.35. The first kappa shape index (κ1) is 11.1. The first-order valence-corrected chi connectivity index (χ1v) is 5.32. The van der Waals surface area contributed by atoms with Crippen LogP contribution in [-0.4, -0.2) is 5.11 Å². The zero-order valence-electron chi connectivity index (χ0n) is 8.05. The highest BCUT2D eigenvalue weighted by molar-refractivity contribution is 9.10. The van der Waals surface area contributed by atoms with Crippen LogP contribution in [0.1, 0.15) is 0 Å². The third-order valence-electron chi connectivity index (χ3n) is 2.20. The summed E-state index contributed by atoms with van der Waals surface area (Å²) < 4.78 is 26.5. The van der Waals surface area contributed by atoms with Gasteiger partial charge in [-0.1, -0.05) is 12.1 Å². The summed E-state index contributed by atoms with van der Waals surface area (Å²) in [7, 11) is 0. The maximum atomic E-state index is 13.3. The molecule has 0 aliphatic rings. The van der Waals surface area contributed by atoms with Gasteiger partial charge in [0.1, 0.15) is 17.4 Å². The fraction of sp³-hybridized carbons (Fsp3) is 0. The second-order valence-electron chi connectivity index (χ2n) is 3.26. The Kier molecular flexibility index (Phi) is 2.92. The van der Waals surface area contributed by atoms with Crippen molar-refractivity contribution in [3.05, 3.63) is 52.5 Å². The first-order chi connectivity index (χ1) is 7.59. The molecule has 82 valence electrons. The molecular weight excluding hydrogens is 278 g/mol. The minimum Gasteiger partial charge on any atom is -0.507 e. The predicted molar refractivity (Wildman–Crippen MR) is 61.2 cm³/mol. The van der Waals surface area contributed by atoms with E-state index >= 15 is 0 Å². The Labute approximate surface area is 99.5 Å². The second kappa shape index (κ2) is 4.22. The molecule has 16 heavy (non-hydrogen) atoms. The van der Waals surface area contributed by atoms with E-state index in [1.165, 1.54) is 18.2 Å². The van der Waals surface area contributed by atoms with Crippen molar-refractivity contribution in [2.45, 2.75) is 0 Å². The van der Waals surface area contributed by atoms with Gasteiger partial charge in [-0.3, -0.25) is 0 Å². The van der Waals surface area contributed by atoms with Gasteiger partial charge in [-0.2, -0.15) is 0 Å². The SMILES string of the molecule is Oc1ccc(F)cc1-c1cccc(F)c1Br. The van der Waals surface area contributed by atoms with E-state index in [-0.39, 0.29) is 15.8 Å². The molecule has 2 aromatic carbocycles. The summed E-state index contributed by atoms with van der Waals surface area (Å²) in [6, 6.07) is 7.92. The van der Waals surface area contributed by atoms with Crippen LogP contribution in [0, 0.1) is 11.6 Å². The molecule has 2 aromatic rings. The van der Waals surface area contributed by atoms with Crippen LogP contribution in [0.5, 0.6) is 5.75 Å². The van der Waals surface area contributed by atoms with Crippen LogP contribution < -0.4 is 0 Å². The van der Waals surface area contributed by atoms with Gasteiger partial charge < -0.3 is 5.11 Å². The van der Waals surface area contributed by atoms with Crippen LogP contribution in [0.25, 0.3) is 11.1 Å². The Bertz CT molecular complexity index is 541. The molecule has 0 aliphatic heterocycles. The molecule has 0 unspecified atom stereocenters. The predicted octanol–water partition coefficient (Wildman–Crippen LogP) is 4.10. The van der Waals surface area contributed by atoms with E-state index in [1.807, 2.05) is 0 Å². The first-order valence-electron chi connectivity index (χ1n) is 4.52. The molecule has 2 rings (SSSR count). The number of aromatic hydroxyl groups is 1. The molecule has 0 atom stereocenters. The normalized spacial score (nSPS) is 10.4. The van der Waals surface area contributed by atoms with Gasteiger partial charge in [-0.25, -0.2) is 8.78 Å². The van der Waals surface area contributed by atoms with Gasteiger partial charge in [-0.15, -0.1) is 0 Å². The number of hydrogen-bond donors (Lipinski definition) is 1. The molecule has 0 saturated carbocycles. The van der Waals surface area contributed by atoms with Crippen LogP contribution in [0.3, 0.4) is 0 Å². The van der Waals surface area contributed by atoms with Gasteiger partial charge in [0.2, 0.25) is 0 Å². The molecule has 4 heteroatoms. The highest BCUT2D eigenvalue weighted by Gasteiger charge is 2.11. The van der Waals surface area contributed by atoms with Crippen molar-refractivity contribution in [1.29, 1.82) is 0 Å². The van der Waals surface area contributed by atoms with Crippen LogP contribution in [0.2, 0.25) is 0 Å². The molecule has 0 aliphatic carbocycles. The van der Waals surface area contributed by atoms with Crippen LogP contribution in [-0.2, 0) is 0 Å². The average Bonchev–Trinajstić information content (AvgIpc) is 2.26. The average molecular weight is 285 g/mol. The van der Waals surface area contributed by atoms with E-state index in [4.69, 9.17) is 0 Å². The summed E-state index contributed by atoms with van der Waals surface area (Å²) in [4.78, 5) is 0. The molecule has 0 heterocycles. The van der Waals surface area contributed by atoms with Crippen molar-refractivity contribution in [3.8, 4) is 16.9 Å². The Morgan fingerprint density at radius 3 is 2.50 bits per heavy atom. The van der Waals surface area contributed by atoms with Crippen molar-refractivity contribution >= 4 is 15.9 Å². The number of phenolic OH excluding ortho intramolecular Hbond substituents is 1. The lowest BCUT2D eigenvalue weighted by Crippen LogP contribution is -1.86. The van der Waals surface area contributed by atoms with E-state index in [0.29, 0.717) is 5.56 Å². The Hall–Kier alpha value is -1.42. The summed E-state index contributed by atoms with van der Waals surface area (Å²) in [5.41, 5.74) is 0.670. The maximum Gasteiger partial charge on any atom is 0.138 e. The maximum absolute atomic E-state index is 13.3. The van der Waals surface area contributed by atoms with Crippen molar-refractivity contribution < 1.29 is 13.9 Å². The van der Waals surface area contributed by atoms with Crippen molar-refractivity contribution in [3.63, 3.8) is 0 Å². The molecule has 0 aromatic heterocycles. The summed E-state index contributed by atoms with van der Waals surface area (Å²) in [6.45, 7) is 0. The Balaban J connectivity index is 2.67. The van der Waals surface area contributed by atoms with E-state index in [9.17, 15) is 13.9 Å². The molecule has 0 amide bonds. The van der Waals surface area contributed by atoms with E-state index < -0.39 is 11.6 Å². The number of phenols is 1. The standard InChI is InChI=1S/C12H7BrF2O/c13-12-8(2-1-3-10(12)15)9-6-7(14)4-5-11(9)16/h1-6,16H. The Morgan fingerprint density at radius 2 is 1.75 bits per heavy atom. The lowest BCUT2D eigenvalue weighted by Gasteiger charge is -2.07. The minimum atomic E-state index is -0.482. The van der Waals surface area contributed by atoms with Gasteiger partial charge in [0, 0.05) is 11.1 Å². The van der Waals surface area contributed by atoms with Gasteiger partial charge in [-0.05, 0) is 40.2 Å². The second-order valence-corrected chi connectivity index (χ2v) is 4.06. The topological polar surface area (TPSA) is 20.2 Å². The van der Waals surface area contributed by atoms with E-state index in [0.717, 1.165) is 12.1 Å². The Morgan fingerprint density at radius 1 is 1.00 bits per heavy atom. The zero-order valence-corrected chi connectivity index (χ0v) is 9.63.